The molecule has 5 heteroatoms. The molecule has 1 heterocycles. The molecule has 0 aromatic carbocycles. The lowest BCUT2D eigenvalue weighted by Crippen LogP contribution is -2.25. The van der Waals surface area contributed by atoms with Crippen molar-refractivity contribution in [2.45, 2.75) is 26.8 Å². The largest absolute Gasteiger partial charge is 0.380 e. The molecule has 0 amide bonds. The number of nitrogens with zero attached hydrogens (tertiary/aromatic N) is 2. The summed E-state index contributed by atoms with van der Waals surface area (Å²) in [6.07, 6.45) is 2.69. The van der Waals surface area contributed by atoms with E-state index in [2.05, 4.69) is 17.2 Å². The van der Waals surface area contributed by atoms with E-state index in [4.69, 9.17) is 4.74 Å². The Labute approximate surface area is 115 Å². The van der Waals surface area contributed by atoms with Gasteiger partial charge in [-0.05, 0) is 26.0 Å². The second-order valence-corrected chi connectivity index (χ2v) is 4.40. The molecule has 0 atom stereocenters. The van der Waals surface area contributed by atoms with Gasteiger partial charge in [0.05, 0.1) is 6.61 Å². The molecular weight excluding hydrogens is 245 g/mol. The van der Waals surface area contributed by atoms with Crippen LogP contribution in [-0.4, -0.2) is 38.3 Å². The molecule has 0 fully saturated rings. The molecule has 4 nitrogen and oxygen atoms in total. The van der Waals surface area contributed by atoms with Crippen LogP contribution in [0.3, 0.4) is 0 Å². The van der Waals surface area contributed by atoms with Crippen molar-refractivity contribution < 1.29 is 9.13 Å². The van der Waals surface area contributed by atoms with Gasteiger partial charge in [-0.1, -0.05) is 6.92 Å². The topological polar surface area (TPSA) is 37.4 Å². The van der Waals surface area contributed by atoms with Gasteiger partial charge in [-0.25, -0.2) is 9.37 Å². The Morgan fingerprint density at radius 3 is 2.89 bits per heavy atom. The number of aromatic nitrogens is 1. The van der Waals surface area contributed by atoms with E-state index in [1.165, 1.54) is 0 Å². The molecule has 1 aromatic rings. The standard InChI is InChI=1S/C14H24FN3O/c1-4-7-16-11-12-6-8-17-14(13(12)15)18(3)9-10-19-5-2/h6,8,16H,4-5,7,9-11H2,1-3H3. The van der Waals surface area contributed by atoms with E-state index in [0.717, 1.165) is 13.0 Å². The smallest absolute Gasteiger partial charge is 0.170 e. The van der Waals surface area contributed by atoms with Gasteiger partial charge >= 0.3 is 0 Å². The van der Waals surface area contributed by atoms with Gasteiger partial charge in [-0.3, -0.25) is 0 Å². The highest BCUT2D eigenvalue weighted by Crippen LogP contribution is 2.18. The fourth-order valence-corrected chi connectivity index (χ4v) is 1.73. The summed E-state index contributed by atoms with van der Waals surface area (Å²) in [6, 6.07) is 1.72. The van der Waals surface area contributed by atoms with E-state index in [9.17, 15) is 4.39 Å². The molecule has 0 unspecified atom stereocenters. The number of rotatable bonds is 9. The predicted octanol–water partition coefficient (Wildman–Crippen LogP) is 2.19. The zero-order valence-electron chi connectivity index (χ0n) is 12.1. The van der Waals surface area contributed by atoms with Gasteiger partial charge in [-0.15, -0.1) is 0 Å². The first-order chi connectivity index (χ1) is 9.20. The van der Waals surface area contributed by atoms with E-state index in [1.54, 1.807) is 17.2 Å². The highest BCUT2D eigenvalue weighted by atomic mass is 19.1. The maximum atomic E-state index is 14.3. The van der Waals surface area contributed by atoms with Crippen molar-refractivity contribution in [3.05, 3.63) is 23.6 Å². The Morgan fingerprint density at radius 2 is 2.21 bits per heavy atom. The maximum Gasteiger partial charge on any atom is 0.170 e. The molecule has 0 bridgehead atoms. The molecule has 0 aliphatic rings. The lowest BCUT2D eigenvalue weighted by molar-refractivity contribution is 0.154. The molecule has 0 spiro atoms. The van der Waals surface area contributed by atoms with Crippen LogP contribution in [0.25, 0.3) is 0 Å². The molecule has 0 aliphatic heterocycles. The summed E-state index contributed by atoms with van der Waals surface area (Å²) >= 11 is 0. The number of halogens is 1. The molecule has 0 aliphatic carbocycles. The van der Waals surface area contributed by atoms with Crippen LogP contribution in [-0.2, 0) is 11.3 Å². The third kappa shape index (κ3) is 5.12. The quantitative estimate of drug-likeness (QED) is 0.697. The van der Waals surface area contributed by atoms with E-state index in [1.807, 2.05) is 14.0 Å². The molecule has 0 radical (unpaired) electrons. The summed E-state index contributed by atoms with van der Waals surface area (Å²) in [7, 11) is 1.83. The van der Waals surface area contributed by atoms with Gasteiger partial charge in [0.25, 0.3) is 0 Å². The van der Waals surface area contributed by atoms with Crippen LogP contribution in [0.2, 0.25) is 0 Å². The fourth-order valence-electron chi connectivity index (χ4n) is 1.73. The molecule has 1 aromatic heterocycles. The van der Waals surface area contributed by atoms with Crippen LogP contribution < -0.4 is 10.2 Å². The lowest BCUT2D eigenvalue weighted by atomic mass is 10.2. The van der Waals surface area contributed by atoms with Crippen molar-refractivity contribution in [3.8, 4) is 0 Å². The van der Waals surface area contributed by atoms with Crippen molar-refractivity contribution >= 4 is 5.82 Å². The second kappa shape index (κ2) is 8.82. The van der Waals surface area contributed by atoms with Crippen LogP contribution in [0.1, 0.15) is 25.8 Å². The minimum atomic E-state index is -0.245. The van der Waals surface area contributed by atoms with Crippen LogP contribution in [0.4, 0.5) is 10.2 Å². The first-order valence-electron chi connectivity index (χ1n) is 6.83. The number of anilines is 1. The van der Waals surface area contributed by atoms with Gasteiger partial charge in [0.15, 0.2) is 11.6 Å². The van der Waals surface area contributed by atoms with Crippen LogP contribution in [0, 0.1) is 5.82 Å². The zero-order valence-corrected chi connectivity index (χ0v) is 12.1. The number of ether oxygens (including phenoxy) is 1. The average molecular weight is 269 g/mol. The summed E-state index contributed by atoms with van der Waals surface area (Å²) in [4.78, 5) is 5.90. The minimum Gasteiger partial charge on any atom is -0.380 e. The molecular formula is C14H24FN3O. The Morgan fingerprint density at radius 1 is 1.42 bits per heavy atom. The zero-order chi connectivity index (χ0) is 14.1. The Balaban J connectivity index is 2.64. The van der Waals surface area contributed by atoms with Crippen molar-refractivity contribution in [1.29, 1.82) is 0 Å². The van der Waals surface area contributed by atoms with E-state index >= 15 is 0 Å². The highest BCUT2D eigenvalue weighted by molar-refractivity contribution is 5.42. The van der Waals surface area contributed by atoms with Gasteiger partial charge in [0.2, 0.25) is 0 Å². The third-order valence-corrected chi connectivity index (χ3v) is 2.83. The normalized spacial score (nSPS) is 10.7. The number of pyridine rings is 1. The predicted molar refractivity (Wildman–Crippen MR) is 76.0 cm³/mol. The maximum absolute atomic E-state index is 14.3. The van der Waals surface area contributed by atoms with Crippen molar-refractivity contribution in [1.82, 2.24) is 10.3 Å². The lowest BCUT2D eigenvalue weighted by Gasteiger charge is -2.19. The molecule has 19 heavy (non-hydrogen) atoms. The Hall–Kier alpha value is -1.20. The van der Waals surface area contributed by atoms with Gasteiger partial charge in [0, 0.05) is 38.5 Å². The number of hydrogen-bond donors (Lipinski definition) is 1. The van der Waals surface area contributed by atoms with E-state index < -0.39 is 0 Å². The van der Waals surface area contributed by atoms with Crippen LogP contribution >= 0.6 is 0 Å². The van der Waals surface area contributed by atoms with Gasteiger partial charge in [-0.2, -0.15) is 0 Å². The van der Waals surface area contributed by atoms with Crippen molar-refractivity contribution in [2.24, 2.45) is 0 Å². The summed E-state index contributed by atoms with van der Waals surface area (Å²) in [5.74, 6) is 0.139. The first-order valence-corrected chi connectivity index (χ1v) is 6.83. The summed E-state index contributed by atoms with van der Waals surface area (Å²) in [5.41, 5.74) is 0.654. The monoisotopic (exact) mass is 269 g/mol. The van der Waals surface area contributed by atoms with Gasteiger partial charge < -0.3 is 15.0 Å². The van der Waals surface area contributed by atoms with Crippen molar-refractivity contribution in [2.75, 3.05) is 38.3 Å². The summed E-state index contributed by atoms with van der Waals surface area (Å²) < 4.78 is 19.5. The molecule has 1 N–H and O–H groups in total. The minimum absolute atomic E-state index is 0.245. The average Bonchev–Trinajstić information content (AvgIpc) is 2.41. The third-order valence-electron chi connectivity index (χ3n) is 2.83. The number of likely N-dealkylation sites (N-methyl/N-ethyl adjacent to an activating group) is 1. The van der Waals surface area contributed by atoms with Crippen LogP contribution in [0.15, 0.2) is 12.3 Å². The van der Waals surface area contributed by atoms with Crippen molar-refractivity contribution in [3.63, 3.8) is 0 Å². The summed E-state index contributed by atoms with van der Waals surface area (Å²) in [6.45, 7) is 7.33. The Kier molecular flexibility index (Phi) is 7.36. The Bertz CT molecular complexity index is 374. The molecule has 0 saturated heterocycles. The second-order valence-electron chi connectivity index (χ2n) is 4.40. The number of hydrogen-bond acceptors (Lipinski definition) is 4. The van der Waals surface area contributed by atoms with E-state index in [0.29, 0.717) is 37.7 Å². The number of nitrogens with one attached hydrogen (secondary N) is 1. The SMILES string of the molecule is CCCNCc1ccnc(N(C)CCOCC)c1F. The van der Waals surface area contributed by atoms with Gasteiger partial charge in [0.1, 0.15) is 0 Å². The first kappa shape index (κ1) is 15.9. The summed E-state index contributed by atoms with van der Waals surface area (Å²) in [5, 5.41) is 3.20. The molecule has 1 rings (SSSR count). The van der Waals surface area contributed by atoms with E-state index in [-0.39, 0.29) is 5.82 Å². The molecule has 108 valence electrons. The highest BCUT2D eigenvalue weighted by Gasteiger charge is 2.12. The molecule has 0 saturated carbocycles. The fraction of sp³-hybridized carbons (Fsp3) is 0.643. The van der Waals surface area contributed by atoms with Crippen LogP contribution in [0.5, 0.6) is 0 Å².